The number of nitrogens with zero attached hydrogens (tertiary/aromatic N) is 1. The van der Waals surface area contributed by atoms with Gasteiger partial charge in [0, 0.05) is 22.5 Å². The number of rotatable bonds is 4. The zero-order valence-corrected chi connectivity index (χ0v) is 16.6. The number of carbonyl (C=O) groups excluding carboxylic acids is 2. The molecule has 0 saturated carbocycles. The molecule has 0 spiro atoms. The van der Waals surface area contributed by atoms with Crippen molar-refractivity contribution in [1.29, 1.82) is 0 Å². The lowest BCUT2D eigenvalue weighted by Crippen LogP contribution is -2.23. The SMILES string of the molecule is CC(=O)NC1=NC(=O)/C(=C/c2cc(Br)ccc2OCc2ccccc2F)S1. The topological polar surface area (TPSA) is 67.8 Å². The van der Waals surface area contributed by atoms with E-state index < -0.39 is 5.91 Å². The molecule has 0 aliphatic carbocycles. The fourth-order valence-electron chi connectivity index (χ4n) is 2.29. The van der Waals surface area contributed by atoms with Crippen LogP contribution in [0.4, 0.5) is 4.39 Å². The minimum absolute atomic E-state index is 0.0548. The highest BCUT2D eigenvalue weighted by molar-refractivity contribution is 9.10. The van der Waals surface area contributed by atoms with Crippen molar-refractivity contribution in [1.82, 2.24) is 5.32 Å². The molecule has 0 unspecified atom stereocenters. The number of aliphatic imine (C=N–C) groups is 1. The Morgan fingerprint density at radius 1 is 1.33 bits per heavy atom. The Hall–Kier alpha value is -2.45. The van der Waals surface area contributed by atoms with Crippen LogP contribution in [0.25, 0.3) is 6.08 Å². The standard InChI is InChI=1S/C19H14BrFN2O3S/c1-11(24)22-19-23-18(25)17(27-19)9-13-8-14(20)6-7-16(13)26-10-12-4-2-3-5-15(12)21/h2-9H,10H2,1H3,(H,22,23,24,25)/b17-9-. The van der Waals surface area contributed by atoms with E-state index in [1.165, 1.54) is 13.0 Å². The highest BCUT2D eigenvalue weighted by Crippen LogP contribution is 2.32. The van der Waals surface area contributed by atoms with Crippen LogP contribution in [0.15, 0.2) is 56.8 Å². The third-order valence-corrected chi connectivity index (χ3v) is 4.90. The molecular weight excluding hydrogens is 435 g/mol. The minimum Gasteiger partial charge on any atom is -0.488 e. The Bertz CT molecular complexity index is 975. The molecule has 0 aromatic heterocycles. The lowest BCUT2D eigenvalue weighted by molar-refractivity contribution is -0.117. The number of thioether (sulfide) groups is 1. The lowest BCUT2D eigenvalue weighted by atomic mass is 10.1. The first kappa shape index (κ1) is 19.3. The largest absolute Gasteiger partial charge is 0.488 e. The molecule has 0 fully saturated rings. The molecule has 5 nitrogen and oxygen atoms in total. The number of ether oxygens (including phenoxy) is 1. The fraction of sp³-hybridized carbons (Fsp3) is 0.105. The molecule has 2 amide bonds. The molecule has 8 heteroatoms. The van der Waals surface area contributed by atoms with E-state index in [4.69, 9.17) is 4.74 Å². The third-order valence-electron chi connectivity index (χ3n) is 3.50. The van der Waals surface area contributed by atoms with Gasteiger partial charge in [0.05, 0.1) is 4.91 Å². The number of hydrogen-bond acceptors (Lipinski definition) is 4. The molecule has 1 N–H and O–H groups in total. The fourth-order valence-corrected chi connectivity index (χ4v) is 3.52. The summed E-state index contributed by atoms with van der Waals surface area (Å²) in [6.07, 6.45) is 1.63. The van der Waals surface area contributed by atoms with Crippen LogP contribution in [0.1, 0.15) is 18.1 Å². The van der Waals surface area contributed by atoms with Gasteiger partial charge < -0.3 is 10.1 Å². The van der Waals surface area contributed by atoms with Crippen molar-refractivity contribution in [3.63, 3.8) is 0 Å². The van der Waals surface area contributed by atoms with E-state index in [0.717, 1.165) is 16.2 Å². The van der Waals surface area contributed by atoms with Gasteiger partial charge in [0.1, 0.15) is 18.2 Å². The number of nitrogens with one attached hydrogen (secondary N) is 1. The summed E-state index contributed by atoms with van der Waals surface area (Å²) < 4.78 is 20.3. The summed E-state index contributed by atoms with van der Waals surface area (Å²) in [7, 11) is 0. The summed E-state index contributed by atoms with van der Waals surface area (Å²) in [4.78, 5) is 27.3. The average molecular weight is 449 g/mol. The molecule has 0 saturated heterocycles. The van der Waals surface area contributed by atoms with Crippen molar-refractivity contribution in [2.45, 2.75) is 13.5 Å². The molecular formula is C19H14BrFN2O3S. The summed E-state index contributed by atoms with van der Waals surface area (Å²) in [6, 6.07) is 11.7. The van der Waals surface area contributed by atoms with Gasteiger partial charge in [0.2, 0.25) is 5.91 Å². The molecule has 138 valence electrons. The molecule has 27 heavy (non-hydrogen) atoms. The van der Waals surface area contributed by atoms with Crippen LogP contribution in [0.2, 0.25) is 0 Å². The molecule has 2 aromatic rings. The second-order valence-electron chi connectivity index (χ2n) is 5.58. The molecule has 1 aliphatic rings. The number of halogens is 2. The number of amidine groups is 1. The van der Waals surface area contributed by atoms with Crippen molar-refractivity contribution >= 4 is 50.7 Å². The highest BCUT2D eigenvalue weighted by Gasteiger charge is 2.23. The normalized spacial score (nSPS) is 15.0. The Balaban J connectivity index is 1.82. The van der Waals surface area contributed by atoms with Crippen molar-refractivity contribution in [2.24, 2.45) is 4.99 Å². The van der Waals surface area contributed by atoms with Crippen molar-refractivity contribution in [2.75, 3.05) is 0 Å². The Kier molecular flexibility index (Phi) is 6.08. The summed E-state index contributed by atoms with van der Waals surface area (Å²) in [5, 5.41) is 2.74. The summed E-state index contributed by atoms with van der Waals surface area (Å²) in [6.45, 7) is 1.40. The maximum absolute atomic E-state index is 13.8. The van der Waals surface area contributed by atoms with Gasteiger partial charge in [-0.15, -0.1) is 0 Å². The van der Waals surface area contributed by atoms with Gasteiger partial charge in [-0.05, 0) is 42.1 Å². The van der Waals surface area contributed by atoms with Crippen LogP contribution in [0.5, 0.6) is 5.75 Å². The van der Waals surface area contributed by atoms with Crippen molar-refractivity contribution < 1.29 is 18.7 Å². The lowest BCUT2D eigenvalue weighted by Gasteiger charge is -2.11. The van der Waals surface area contributed by atoms with E-state index in [2.05, 4.69) is 26.2 Å². The van der Waals surface area contributed by atoms with Gasteiger partial charge in [0.25, 0.3) is 5.91 Å². The van der Waals surface area contributed by atoms with Crippen LogP contribution in [0, 0.1) is 5.82 Å². The third kappa shape index (κ3) is 5.05. The van der Waals surface area contributed by atoms with Gasteiger partial charge in [-0.1, -0.05) is 34.1 Å². The van der Waals surface area contributed by atoms with Crippen LogP contribution in [-0.2, 0) is 16.2 Å². The van der Waals surface area contributed by atoms with E-state index >= 15 is 0 Å². The molecule has 0 bridgehead atoms. The average Bonchev–Trinajstić information content (AvgIpc) is 2.94. The second-order valence-corrected chi connectivity index (χ2v) is 7.52. The highest BCUT2D eigenvalue weighted by atomic mass is 79.9. The van der Waals surface area contributed by atoms with E-state index in [0.29, 0.717) is 21.8 Å². The van der Waals surface area contributed by atoms with Crippen LogP contribution in [0.3, 0.4) is 0 Å². The molecule has 0 atom stereocenters. The number of amides is 2. The second kappa shape index (κ2) is 8.49. The van der Waals surface area contributed by atoms with Gasteiger partial charge in [-0.2, -0.15) is 4.99 Å². The van der Waals surface area contributed by atoms with Crippen LogP contribution >= 0.6 is 27.7 Å². The quantitative estimate of drug-likeness (QED) is 0.708. The first-order valence-electron chi connectivity index (χ1n) is 7.88. The van der Waals surface area contributed by atoms with Gasteiger partial charge in [0.15, 0.2) is 5.17 Å². The van der Waals surface area contributed by atoms with E-state index in [1.807, 2.05) is 0 Å². The minimum atomic E-state index is -0.441. The molecule has 1 heterocycles. The number of hydrogen-bond donors (Lipinski definition) is 1. The smallest absolute Gasteiger partial charge is 0.286 e. The predicted octanol–water partition coefficient (Wildman–Crippen LogP) is 4.27. The van der Waals surface area contributed by atoms with E-state index in [1.54, 1.807) is 42.5 Å². The van der Waals surface area contributed by atoms with Crippen molar-refractivity contribution in [3.8, 4) is 5.75 Å². The first-order valence-corrected chi connectivity index (χ1v) is 9.49. The van der Waals surface area contributed by atoms with Gasteiger partial charge in [-0.3, -0.25) is 9.59 Å². The number of carbonyl (C=O) groups is 2. The maximum atomic E-state index is 13.8. The Morgan fingerprint density at radius 3 is 2.85 bits per heavy atom. The Labute approximate surface area is 167 Å². The maximum Gasteiger partial charge on any atom is 0.286 e. The van der Waals surface area contributed by atoms with Gasteiger partial charge >= 0.3 is 0 Å². The molecule has 0 radical (unpaired) electrons. The zero-order valence-electron chi connectivity index (χ0n) is 14.2. The molecule has 3 rings (SSSR count). The Morgan fingerprint density at radius 2 is 2.11 bits per heavy atom. The molecule has 2 aromatic carbocycles. The summed E-state index contributed by atoms with van der Waals surface area (Å²) in [5.41, 5.74) is 1.07. The summed E-state index contributed by atoms with van der Waals surface area (Å²) >= 11 is 4.46. The van der Waals surface area contributed by atoms with Crippen molar-refractivity contribution in [3.05, 3.63) is 68.8 Å². The zero-order chi connectivity index (χ0) is 19.4. The summed E-state index contributed by atoms with van der Waals surface area (Å²) in [5.74, 6) is -0.588. The van der Waals surface area contributed by atoms with E-state index in [-0.39, 0.29) is 23.5 Å². The van der Waals surface area contributed by atoms with E-state index in [9.17, 15) is 14.0 Å². The van der Waals surface area contributed by atoms with Crippen LogP contribution < -0.4 is 10.1 Å². The monoisotopic (exact) mass is 448 g/mol. The predicted molar refractivity (Wildman–Crippen MR) is 107 cm³/mol. The number of benzene rings is 2. The first-order chi connectivity index (χ1) is 12.9. The van der Waals surface area contributed by atoms with Crippen LogP contribution in [-0.4, -0.2) is 17.0 Å². The van der Waals surface area contributed by atoms with Gasteiger partial charge in [-0.25, -0.2) is 4.39 Å². The molecule has 1 aliphatic heterocycles.